The molecule has 3 aliphatic carbocycles. The lowest BCUT2D eigenvalue weighted by Gasteiger charge is -2.68. The van der Waals surface area contributed by atoms with Crippen LogP contribution in [0.15, 0.2) is 23.3 Å². The first-order chi connectivity index (χ1) is 13.9. The van der Waals surface area contributed by atoms with Crippen molar-refractivity contribution < 1.29 is 28.6 Å². The van der Waals surface area contributed by atoms with Gasteiger partial charge in [0.15, 0.2) is 0 Å². The zero-order valence-electron chi connectivity index (χ0n) is 18.5. The van der Waals surface area contributed by atoms with Gasteiger partial charge in [0, 0.05) is 31.2 Å². The largest absolute Gasteiger partial charge is 0.469 e. The molecule has 164 valence electrons. The van der Waals surface area contributed by atoms with Crippen LogP contribution in [-0.4, -0.2) is 34.9 Å². The van der Waals surface area contributed by atoms with Crippen LogP contribution in [-0.2, 0) is 25.5 Å². The Labute approximate surface area is 177 Å². The average Bonchev–Trinajstić information content (AvgIpc) is 3.11. The van der Waals surface area contributed by atoms with E-state index in [0.29, 0.717) is 25.7 Å². The summed E-state index contributed by atoms with van der Waals surface area (Å²) in [7, 11) is 0. The van der Waals surface area contributed by atoms with Gasteiger partial charge in [-0.25, -0.2) is 0 Å². The summed E-state index contributed by atoms with van der Waals surface area (Å²) >= 11 is 0. The van der Waals surface area contributed by atoms with Gasteiger partial charge in [0.05, 0.1) is 6.26 Å². The molecule has 0 saturated heterocycles. The zero-order valence-corrected chi connectivity index (χ0v) is 18.5. The van der Waals surface area contributed by atoms with E-state index in [1.54, 1.807) is 6.26 Å². The number of esters is 2. The first-order valence-electron chi connectivity index (χ1n) is 10.8. The quantitative estimate of drug-likeness (QED) is 0.736. The summed E-state index contributed by atoms with van der Waals surface area (Å²) in [5.41, 5.74) is -0.855. The fourth-order valence-corrected chi connectivity index (χ4v) is 6.88. The molecular weight excluding hydrogens is 384 g/mol. The molecule has 0 radical (unpaired) electrons. The number of carbonyl (C=O) groups excluding carboxylic acids is 2. The molecule has 1 aromatic rings. The topological polar surface area (TPSA) is 86.0 Å². The molecule has 1 aromatic heterocycles. The van der Waals surface area contributed by atoms with Gasteiger partial charge in [-0.05, 0) is 48.2 Å². The van der Waals surface area contributed by atoms with Gasteiger partial charge in [0.25, 0.3) is 0 Å². The molecule has 6 nitrogen and oxygen atoms in total. The van der Waals surface area contributed by atoms with Crippen molar-refractivity contribution in [1.29, 1.82) is 0 Å². The molecule has 6 atom stereocenters. The first-order valence-corrected chi connectivity index (χ1v) is 10.8. The minimum atomic E-state index is -1.38. The van der Waals surface area contributed by atoms with E-state index in [0.717, 1.165) is 16.9 Å². The molecule has 0 spiro atoms. The van der Waals surface area contributed by atoms with E-state index in [2.05, 4.69) is 6.58 Å². The van der Waals surface area contributed by atoms with Crippen LogP contribution >= 0.6 is 0 Å². The maximum absolute atomic E-state index is 12.5. The zero-order chi connectivity index (χ0) is 22.1. The summed E-state index contributed by atoms with van der Waals surface area (Å²) in [6, 6.07) is 1.92. The third-order valence-electron chi connectivity index (χ3n) is 8.30. The van der Waals surface area contributed by atoms with Crippen molar-refractivity contribution in [3.8, 4) is 0 Å². The highest BCUT2D eigenvalue weighted by Gasteiger charge is 2.73. The van der Waals surface area contributed by atoms with Crippen molar-refractivity contribution in [3.05, 3.63) is 30.2 Å². The van der Waals surface area contributed by atoms with Crippen molar-refractivity contribution >= 4 is 17.5 Å². The van der Waals surface area contributed by atoms with Gasteiger partial charge < -0.3 is 19.0 Å². The molecule has 2 saturated carbocycles. The first kappa shape index (κ1) is 21.2. The molecule has 0 unspecified atom stereocenters. The SMILES string of the molecule is C=C1c2ccoc2C[C@@H]2[C@@H]1C[C@@H](OC(C)=O)[C@]1(O)C(C)(C)CC[C@@H](OC(C)=O)[C@@]21C. The number of ether oxygens (including phenoxy) is 2. The number of carbonyl (C=O) groups is 2. The average molecular weight is 417 g/mol. The number of aliphatic hydroxyl groups is 1. The lowest BCUT2D eigenvalue weighted by Crippen LogP contribution is -2.76. The van der Waals surface area contributed by atoms with Crippen LogP contribution in [0.2, 0.25) is 0 Å². The summed E-state index contributed by atoms with van der Waals surface area (Å²) in [5, 5.41) is 12.5. The Morgan fingerprint density at radius 3 is 2.43 bits per heavy atom. The number of hydrogen-bond acceptors (Lipinski definition) is 6. The number of allylic oxidation sites excluding steroid dienone is 1. The summed E-state index contributed by atoms with van der Waals surface area (Å²) in [6.45, 7) is 13.1. The Kier molecular flexibility index (Phi) is 4.73. The van der Waals surface area contributed by atoms with Gasteiger partial charge in [-0.1, -0.05) is 27.4 Å². The number of furan rings is 1. The second-order valence-corrected chi connectivity index (χ2v) is 10.1. The number of fused-ring (bicyclic) bond motifs is 4. The molecule has 0 bridgehead atoms. The Balaban J connectivity index is 1.92. The van der Waals surface area contributed by atoms with Gasteiger partial charge in [-0.15, -0.1) is 0 Å². The van der Waals surface area contributed by atoms with Gasteiger partial charge in [-0.3, -0.25) is 9.59 Å². The van der Waals surface area contributed by atoms with E-state index in [9.17, 15) is 14.7 Å². The molecule has 6 heteroatoms. The molecule has 4 rings (SSSR count). The van der Waals surface area contributed by atoms with Gasteiger partial charge >= 0.3 is 11.9 Å². The second kappa shape index (κ2) is 6.71. The third kappa shape index (κ3) is 2.65. The Morgan fingerprint density at radius 1 is 1.17 bits per heavy atom. The second-order valence-electron chi connectivity index (χ2n) is 10.1. The highest BCUT2D eigenvalue weighted by atomic mass is 16.6. The molecular formula is C24H32O6. The van der Waals surface area contributed by atoms with E-state index in [1.807, 2.05) is 26.8 Å². The fraction of sp³-hybridized carbons (Fsp3) is 0.667. The minimum absolute atomic E-state index is 0.0170. The van der Waals surface area contributed by atoms with E-state index >= 15 is 0 Å². The monoisotopic (exact) mass is 416 g/mol. The van der Waals surface area contributed by atoms with Gasteiger partial charge in [0.2, 0.25) is 0 Å². The van der Waals surface area contributed by atoms with Gasteiger partial charge in [-0.2, -0.15) is 0 Å². The van der Waals surface area contributed by atoms with Crippen LogP contribution in [0.1, 0.15) is 65.2 Å². The molecule has 0 aromatic carbocycles. The maximum atomic E-state index is 12.5. The standard InChI is InChI=1S/C24H32O6/c1-13-16-8-10-28-19(16)12-18-17(13)11-21(30-15(3)26)24(27)22(4,5)9-7-20(23(18,24)6)29-14(2)25/h8,10,17-18,20-21,27H,1,7,9,11-12H2,2-6H3/t17-,18-,20-,21-,23-,24+/m1/s1. The Bertz CT molecular complexity index is 897. The molecule has 0 aliphatic heterocycles. The smallest absolute Gasteiger partial charge is 0.303 e. The highest BCUT2D eigenvalue weighted by Crippen LogP contribution is 2.67. The van der Waals surface area contributed by atoms with Crippen LogP contribution in [0, 0.1) is 22.7 Å². The Hall–Kier alpha value is -2.08. The van der Waals surface area contributed by atoms with Crippen molar-refractivity contribution in [1.82, 2.24) is 0 Å². The summed E-state index contributed by atoms with van der Waals surface area (Å²) in [5.74, 6) is -0.0328. The maximum Gasteiger partial charge on any atom is 0.303 e. The van der Waals surface area contributed by atoms with Crippen LogP contribution in [0.4, 0.5) is 0 Å². The normalized spacial score (nSPS) is 39.3. The van der Waals surface area contributed by atoms with E-state index < -0.39 is 34.6 Å². The highest BCUT2D eigenvalue weighted by molar-refractivity contribution is 5.70. The van der Waals surface area contributed by atoms with Gasteiger partial charge in [0.1, 0.15) is 23.6 Å². The van der Waals surface area contributed by atoms with Crippen molar-refractivity contribution in [2.24, 2.45) is 22.7 Å². The van der Waals surface area contributed by atoms with Crippen LogP contribution in [0.3, 0.4) is 0 Å². The van der Waals surface area contributed by atoms with E-state index in [1.165, 1.54) is 13.8 Å². The fourth-order valence-electron chi connectivity index (χ4n) is 6.88. The lowest BCUT2D eigenvalue weighted by atomic mass is 9.40. The number of rotatable bonds is 2. The molecule has 2 fully saturated rings. The molecule has 0 amide bonds. The van der Waals surface area contributed by atoms with Crippen molar-refractivity contribution in [2.45, 2.75) is 78.1 Å². The minimum Gasteiger partial charge on any atom is -0.469 e. The predicted octanol–water partition coefficient (Wildman–Crippen LogP) is 3.91. The lowest BCUT2D eigenvalue weighted by molar-refractivity contribution is -0.311. The molecule has 30 heavy (non-hydrogen) atoms. The van der Waals surface area contributed by atoms with Crippen LogP contribution in [0.25, 0.3) is 5.57 Å². The molecule has 1 heterocycles. The van der Waals surface area contributed by atoms with Crippen LogP contribution in [0.5, 0.6) is 0 Å². The summed E-state index contributed by atoms with van der Waals surface area (Å²) in [4.78, 5) is 24.1. The summed E-state index contributed by atoms with van der Waals surface area (Å²) in [6.07, 6.45) is 2.84. The van der Waals surface area contributed by atoms with E-state index in [4.69, 9.17) is 13.9 Å². The van der Waals surface area contributed by atoms with Crippen LogP contribution < -0.4 is 0 Å². The Morgan fingerprint density at radius 2 is 1.80 bits per heavy atom. The molecule has 3 aliphatic rings. The van der Waals surface area contributed by atoms with Crippen molar-refractivity contribution in [3.63, 3.8) is 0 Å². The number of hydrogen-bond donors (Lipinski definition) is 1. The van der Waals surface area contributed by atoms with E-state index in [-0.39, 0.29) is 17.8 Å². The molecule has 1 N–H and O–H groups in total. The third-order valence-corrected chi connectivity index (χ3v) is 8.30. The predicted molar refractivity (Wildman–Crippen MR) is 110 cm³/mol. The summed E-state index contributed by atoms with van der Waals surface area (Å²) < 4.78 is 17.4. The van der Waals surface area contributed by atoms with Crippen molar-refractivity contribution in [2.75, 3.05) is 0 Å².